The summed E-state index contributed by atoms with van der Waals surface area (Å²) in [5, 5.41) is 17.8. The molecule has 7 nitrogen and oxygen atoms in total. The Labute approximate surface area is 109 Å². The van der Waals surface area contributed by atoms with Crippen molar-refractivity contribution in [3.8, 4) is 0 Å². The van der Waals surface area contributed by atoms with E-state index >= 15 is 0 Å². The van der Waals surface area contributed by atoms with Crippen molar-refractivity contribution in [1.82, 2.24) is 10.2 Å². The summed E-state index contributed by atoms with van der Waals surface area (Å²) in [7, 11) is 1.65. The largest absolute Gasteiger partial charge is 0.409 e. The summed E-state index contributed by atoms with van der Waals surface area (Å²) < 4.78 is 0. The molecule has 7 heteroatoms. The van der Waals surface area contributed by atoms with Crippen LogP contribution >= 0.6 is 0 Å². The number of amidine groups is 1. The highest BCUT2D eigenvalue weighted by Crippen LogP contribution is 2.15. The maximum Gasteiger partial charge on any atom is 0.276 e. The van der Waals surface area contributed by atoms with Gasteiger partial charge in [0.2, 0.25) is 0 Å². The fourth-order valence-electron chi connectivity index (χ4n) is 1.59. The van der Waals surface area contributed by atoms with Crippen LogP contribution in [-0.4, -0.2) is 34.2 Å². The molecular formula is C12H13N5O2. The molecule has 0 aliphatic heterocycles. The van der Waals surface area contributed by atoms with Gasteiger partial charge in [-0.1, -0.05) is 5.16 Å². The maximum atomic E-state index is 12.0. The third kappa shape index (κ3) is 2.54. The molecule has 0 unspecified atom stereocenters. The standard InChI is InChI=1S/C12H13N5O2/c1-17(12(18)10-6-7-14-15-10)9-4-2-8(3-5-9)11(13)16-19/h2-7,19H,1H3,(H2,13,16)(H,14,15). The number of hydrogen-bond acceptors (Lipinski definition) is 4. The minimum atomic E-state index is -0.200. The van der Waals surface area contributed by atoms with E-state index in [1.807, 2.05) is 0 Å². The van der Waals surface area contributed by atoms with Gasteiger partial charge in [-0.15, -0.1) is 0 Å². The van der Waals surface area contributed by atoms with Gasteiger partial charge in [0.1, 0.15) is 5.69 Å². The van der Waals surface area contributed by atoms with Crippen LogP contribution in [0.2, 0.25) is 0 Å². The molecule has 0 aliphatic carbocycles. The molecule has 0 radical (unpaired) electrons. The number of benzene rings is 1. The summed E-state index contributed by atoms with van der Waals surface area (Å²) in [5.41, 5.74) is 7.14. The molecule has 1 heterocycles. The zero-order chi connectivity index (χ0) is 13.8. The van der Waals surface area contributed by atoms with Crippen molar-refractivity contribution < 1.29 is 10.0 Å². The van der Waals surface area contributed by atoms with E-state index in [0.29, 0.717) is 16.9 Å². The van der Waals surface area contributed by atoms with Gasteiger partial charge in [-0.05, 0) is 30.3 Å². The zero-order valence-corrected chi connectivity index (χ0v) is 10.2. The van der Waals surface area contributed by atoms with Gasteiger partial charge in [0, 0.05) is 24.5 Å². The molecule has 0 fully saturated rings. The number of anilines is 1. The number of aromatic amines is 1. The fourth-order valence-corrected chi connectivity index (χ4v) is 1.59. The van der Waals surface area contributed by atoms with E-state index < -0.39 is 0 Å². The summed E-state index contributed by atoms with van der Waals surface area (Å²) in [6.07, 6.45) is 1.52. The van der Waals surface area contributed by atoms with Crippen LogP contribution < -0.4 is 10.6 Å². The van der Waals surface area contributed by atoms with Crippen LogP contribution in [0.3, 0.4) is 0 Å². The highest BCUT2D eigenvalue weighted by Gasteiger charge is 2.14. The number of nitrogens with zero attached hydrogens (tertiary/aromatic N) is 3. The van der Waals surface area contributed by atoms with Gasteiger partial charge in [0.05, 0.1) is 0 Å². The number of carbonyl (C=O) groups is 1. The van der Waals surface area contributed by atoms with Crippen molar-refractivity contribution in [2.75, 3.05) is 11.9 Å². The second kappa shape index (κ2) is 5.21. The first kappa shape index (κ1) is 12.6. The Kier molecular flexibility index (Phi) is 3.46. The molecule has 1 amide bonds. The predicted octanol–water partition coefficient (Wildman–Crippen LogP) is 0.781. The number of hydrogen-bond donors (Lipinski definition) is 3. The van der Waals surface area contributed by atoms with Gasteiger partial charge in [-0.2, -0.15) is 5.10 Å². The lowest BCUT2D eigenvalue weighted by Crippen LogP contribution is -2.26. The van der Waals surface area contributed by atoms with Gasteiger partial charge in [0.25, 0.3) is 5.91 Å². The van der Waals surface area contributed by atoms with Crippen LogP contribution in [0, 0.1) is 0 Å². The molecular weight excluding hydrogens is 246 g/mol. The Bertz CT molecular complexity index is 589. The molecule has 2 rings (SSSR count). The number of rotatable bonds is 3. The topological polar surface area (TPSA) is 108 Å². The summed E-state index contributed by atoms with van der Waals surface area (Å²) >= 11 is 0. The summed E-state index contributed by atoms with van der Waals surface area (Å²) in [6.45, 7) is 0. The van der Waals surface area contributed by atoms with E-state index in [-0.39, 0.29) is 11.7 Å². The SMILES string of the molecule is CN(C(=O)c1ccn[nH]1)c1ccc(C(N)=NO)cc1. The lowest BCUT2D eigenvalue weighted by atomic mass is 10.2. The smallest absolute Gasteiger partial charge is 0.276 e. The number of oxime groups is 1. The van der Waals surface area contributed by atoms with Gasteiger partial charge in [0.15, 0.2) is 5.84 Å². The van der Waals surface area contributed by atoms with Gasteiger partial charge in [-0.3, -0.25) is 9.89 Å². The molecule has 1 aromatic heterocycles. The monoisotopic (exact) mass is 259 g/mol. The average molecular weight is 259 g/mol. The van der Waals surface area contributed by atoms with E-state index in [9.17, 15) is 4.79 Å². The molecule has 98 valence electrons. The van der Waals surface area contributed by atoms with Crippen LogP contribution in [0.4, 0.5) is 5.69 Å². The van der Waals surface area contributed by atoms with Gasteiger partial charge in [-0.25, -0.2) is 0 Å². The van der Waals surface area contributed by atoms with Crippen molar-refractivity contribution in [2.45, 2.75) is 0 Å². The lowest BCUT2D eigenvalue weighted by molar-refractivity contribution is 0.0988. The molecule has 1 aromatic carbocycles. The highest BCUT2D eigenvalue weighted by atomic mass is 16.4. The second-order valence-corrected chi connectivity index (χ2v) is 3.87. The van der Waals surface area contributed by atoms with Crippen LogP contribution in [-0.2, 0) is 0 Å². The molecule has 0 atom stereocenters. The first-order valence-electron chi connectivity index (χ1n) is 5.49. The van der Waals surface area contributed by atoms with E-state index in [0.717, 1.165) is 0 Å². The summed E-state index contributed by atoms with van der Waals surface area (Å²) in [5.74, 6) is -0.178. The first-order chi connectivity index (χ1) is 9.13. The van der Waals surface area contributed by atoms with Gasteiger partial charge >= 0.3 is 0 Å². The Morgan fingerprint density at radius 3 is 2.58 bits per heavy atom. The Balaban J connectivity index is 2.20. The van der Waals surface area contributed by atoms with E-state index in [1.165, 1.54) is 11.1 Å². The Morgan fingerprint density at radius 2 is 2.05 bits per heavy atom. The number of carbonyl (C=O) groups excluding carboxylic acids is 1. The van der Waals surface area contributed by atoms with Crippen molar-refractivity contribution in [1.29, 1.82) is 0 Å². The zero-order valence-electron chi connectivity index (χ0n) is 10.2. The summed E-state index contributed by atoms with van der Waals surface area (Å²) in [6, 6.07) is 8.36. The molecule has 2 aromatic rings. The minimum absolute atomic E-state index is 0.0223. The second-order valence-electron chi connectivity index (χ2n) is 3.87. The normalized spacial score (nSPS) is 11.3. The molecule has 0 bridgehead atoms. The maximum absolute atomic E-state index is 12.0. The minimum Gasteiger partial charge on any atom is -0.409 e. The molecule has 4 N–H and O–H groups in total. The van der Waals surface area contributed by atoms with E-state index in [4.69, 9.17) is 10.9 Å². The van der Waals surface area contributed by atoms with Crippen molar-refractivity contribution >= 4 is 17.4 Å². The number of amides is 1. The van der Waals surface area contributed by atoms with Crippen LogP contribution in [0.1, 0.15) is 16.1 Å². The third-order valence-electron chi connectivity index (χ3n) is 2.69. The predicted molar refractivity (Wildman–Crippen MR) is 70.3 cm³/mol. The van der Waals surface area contributed by atoms with Crippen LogP contribution in [0.15, 0.2) is 41.7 Å². The number of H-pyrrole nitrogens is 1. The Hall–Kier alpha value is -2.83. The average Bonchev–Trinajstić information content (AvgIpc) is 2.99. The van der Waals surface area contributed by atoms with Crippen LogP contribution in [0.25, 0.3) is 0 Å². The lowest BCUT2D eigenvalue weighted by Gasteiger charge is -2.16. The molecule has 0 spiro atoms. The van der Waals surface area contributed by atoms with E-state index in [2.05, 4.69) is 15.4 Å². The van der Waals surface area contributed by atoms with Crippen molar-refractivity contribution in [3.05, 3.63) is 47.8 Å². The van der Waals surface area contributed by atoms with Crippen molar-refractivity contribution in [3.63, 3.8) is 0 Å². The number of nitrogens with one attached hydrogen (secondary N) is 1. The van der Waals surface area contributed by atoms with E-state index in [1.54, 1.807) is 37.4 Å². The molecule has 0 saturated heterocycles. The Morgan fingerprint density at radius 1 is 1.37 bits per heavy atom. The number of aromatic nitrogens is 2. The summed E-state index contributed by atoms with van der Waals surface area (Å²) in [4.78, 5) is 13.5. The molecule has 0 saturated carbocycles. The van der Waals surface area contributed by atoms with Crippen LogP contribution in [0.5, 0.6) is 0 Å². The van der Waals surface area contributed by atoms with Crippen molar-refractivity contribution in [2.24, 2.45) is 10.9 Å². The quantitative estimate of drug-likeness (QED) is 0.327. The van der Waals surface area contributed by atoms with Gasteiger partial charge < -0.3 is 15.8 Å². The fraction of sp³-hybridized carbons (Fsp3) is 0.0833. The molecule has 19 heavy (non-hydrogen) atoms. The molecule has 0 aliphatic rings. The third-order valence-corrected chi connectivity index (χ3v) is 2.69. The highest BCUT2D eigenvalue weighted by molar-refractivity contribution is 6.04. The first-order valence-corrected chi connectivity index (χ1v) is 5.49. The number of nitrogens with two attached hydrogens (primary N) is 1.